The van der Waals surface area contributed by atoms with Crippen molar-refractivity contribution in [1.82, 2.24) is 69.0 Å². The Morgan fingerprint density at radius 1 is 0.575 bits per heavy atom. The highest BCUT2D eigenvalue weighted by Crippen LogP contribution is 2.35. The number of aromatic amines is 1. The van der Waals surface area contributed by atoms with Crippen LogP contribution in [0.25, 0.3) is 10.9 Å². The molecule has 0 radical (unpaired) electrons. The molecule has 1 aliphatic carbocycles. The Balaban J connectivity index is 1.44. The number of hydrogen-bond donors (Lipinski definition) is 18. The van der Waals surface area contributed by atoms with Crippen molar-refractivity contribution in [3.8, 4) is 0 Å². The molecule has 0 bridgehead atoms. The first-order valence-electron chi connectivity index (χ1n) is 46.5. The molecular weight excluding hydrogens is 1730 g/mol. The highest BCUT2D eigenvalue weighted by atomic mass is 16.4. The molecule has 1 fully saturated rings. The normalized spacial score (nSPS) is 22.6. The van der Waals surface area contributed by atoms with E-state index in [1.807, 2.05) is 19.1 Å². The second kappa shape index (κ2) is 53.6. The third-order valence-corrected chi connectivity index (χ3v) is 24.9. The van der Waals surface area contributed by atoms with Gasteiger partial charge in [-0.3, -0.25) is 86.3 Å². The summed E-state index contributed by atoms with van der Waals surface area (Å²) in [5, 5.41) is 58.6. The summed E-state index contributed by atoms with van der Waals surface area (Å²) < 4.78 is 0. The van der Waals surface area contributed by atoms with Crippen molar-refractivity contribution >= 4 is 123 Å². The number of nitrogens with one attached hydrogen (secondary N) is 13. The first-order valence-corrected chi connectivity index (χ1v) is 46.5. The number of H-pyrrole nitrogens is 1. The van der Waals surface area contributed by atoms with Crippen molar-refractivity contribution in [3.05, 3.63) is 119 Å². The lowest BCUT2D eigenvalue weighted by Crippen LogP contribution is -2.65. The van der Waals surface area contributed by atoms with Crippen LogP contribution in [-0.2, 0) is 106 Å². The lowest BCUT2D eigenvalue weighted by Gasteiger charge is -2.34. The number of benzene rings is 3. The van der Waals surface area contributed by atoms with E-state index >= 15 is 38.4 Å². The van der Waals surface area contributed by atoms with Crippen LogP contribution in [0, 0.1) is 35.5 Å². The molecule has 3 aromatic carbocycles. The van der Waals surface area contributed by atoms with Gasteiger partial charge >= 0.3 is 11.9 Å². The Labute approximate surface area is 782 Å². The fraction of sp³-hybridized carbons (Fsp3) is 0.577. The minimum absolute atomic E-state index is 0.0678. The molecule has 20 N–H and O–H groups in total. The number of aliphatic hydroxyl groups excluding tert-OH is 1. The molecule has 734 valence electrons. The van der Waals surface area contributed by atoms with Crippen molar-refractivity contribution in [2.75, 3.05) is 0 Å². The number of aromatic carboxylic acids is 1. The summed E-state index contributed by atoms with van der Waals surface area (Å²) in [4.78, 5) is 272. The number of ketones is 5. The van der Waals surface area contributed by atoms with Crippen LogP contribution in [0.5, 0.6) is 0 Å². The Hall–Kier alpha value is -12.3. The number of carbonyl (C=O) groups excluding carboxylic acids is 17. The molecule has 0 spiro atoms. The van der Waals surface area contributed by atoms with Gasteiger partial charge in [-0.1, -0.05) is 152 Å². The number of allylic oxidation sites excluding steroid dienone is 2. The second-order valence-electron chi connectivity index (χ2n) is 36.9. The van der Waals surface area contributed by atoms with E-state index < -0.39 is 240 Å². The number of aliphatic carboxylic acids is 1. The molecule has 2 heterocycles. The molecule has 17 atom stereocenters. The van der Waals surface area contributed by atoms with Gasteiger partial charge in [0.05, 0.1) is 41.9 Å². The first-order chi connectivity index (χ1) is 63.2. The van der Waals surface area contributed by atoms with Crippen molar-refractivity contribution in [2.24, 2.45) is 47.0 Å². The molecule has 3 unspecified atom stereocenters. The van der Waals surface area contributed by atoms with Crippen LogP contribution in [0.1, 0.15) is 251 Å². The molecular formula is C97H139N15O22. The topological polar surface area (TPSA) is 597 Å². The minimum atomic E-state index is -2.08. The van der Waals surface area contributed by atoms with Crippen LogP contribution in [0.2, 0.25) is 0 Å². The number of nitrogens with two attached hydrogens (primary N) is 2. The monoisotopic (exact) mass is 1870 g/mol. The predicted molar refractivity (Wildman–Crippen MR) is 497 cm³/mol. The molecule has 1 aliphatic heterocycles. The highest BCUT2D eigenvalue weighted by molar-refractivity contribution is 6.41. The number of hydrogen-bond acceptors (Lipinski definition) is 22. The van der Waals surface area contributed by atoms with Gasteiger partial charge in [-0.2, -0.15) is 0 Å². The fourth-order valence-corrected chi connectivity index (χ4v) is 16.2. The number of carboxylic acid groups (broad SMARTS) is 2. The molecule has 1 aromatic heterocycles. The Morgan fingerprint density at radius 3 is 1.81 bits per heavy atom. The van der Waals surface area contributed by atoms with Crippen LogP contribution in [0.15, 0.2) is 97.2 Å². The largest absolute Gasteiger partial charge is 0.481 e. The molecule has 37 heteroatoms. The molecule has 37 nitrogen and oxygen atoms in total. The van der Waals surface area contributed by atoms with Crippen molar-refractivity contribution < 1.29 is 106 Å². The summed E-state index contributed by atoms with van der Waals surface area (Å²) in [6.07, 6.45) is 4.42. The van der Waals surface area contributed by atoms with Gasteiger partial charge in [-0.15, -0.1) is 0 Å². The number of primary amides is 2. The van der Waals surface area contributed by atoms with Crippen molar-refractivity contribution in [2.45, 2.75) is 321 Å². The van der Waals surface area contributed by atoms with Gasteiger partial charge in [-0.25, -0.2) is 15.6 Å². The maximum Gasteiger partial charge on any atom is 0.335 e. The van der Waals surface area contributed by atoms with E-state index in [4.69, 9.17) is 11.5 Å². The maximum absolute atomic E-state index is 15.6. The number of aliphatic hydroxyl groups is 1. The quantitative estimate of drug-likeness (QED) is 0.0164. The Bertz CT molecular complexity index is 4820. The van der Waals surface area contributed by atoms with Gasteiger partial charge in [0, 0.05) is 80.3 Å². The number of aromatic nitrogens is 1. The van der Waals surface area contributed by atoms with E-state index in [9.17, 15) is 68.1 Å². The summed E-state index contributed by atoms with van der Waals surface area (Å²) in [5.41, 5.74) is 14.5. The number of para-hydroxylation sites is 1. The minimum Gasteiger partial charge on any atom is -0.481 e. The van der Waals surface area contributed by atoms with E-state index in [0.717, 1.165) is 6.42 Å². The molecule has 12 amide bonds. The Kier molecular flexibility index (Phi) is 44.2. The van der Waals surface area contributed by atoms with E-state index in [0.29, 0.717) is 73.4 Å². The van der Waals surface area contributed by atoms with E-state index in [2.05, 4.69) is 69.0 Å². The number of Topliss-reactive ketones (excluding diaryl/α,β-unsaturated/α-hetero) is 5. The average molecular weight is 1870 g/mol. The van der Waals surface area contributed by atoms with Crippen LogP contribution in [0.4, 0.5) is 0 Å². The van der Waals surface area contributed by atoms with E-state index in [-0.39, 0.29) is 98.9 Å². The fourth-order valence-electron chi connectivity index (χ4n) is 16.2. The number of hydrazine groups is 1. The van der Waals surface area contributed by atoms with Crippen molar-refractivity contribution in [1.29, 1.82) is 0 Å². The number of carbonyl (C=O) groups is 19. The van der Waals surface area contributed by atoms with Crippen LogP contribution < -0.4 is 75.5 Å². The zero-order valence-corrected chi connectivity index (χ0v) is 79.0. The second-order valence-corrected chi connectivity index (χ2v) is 36.9. The van der Waals surface area contributed by atoms with Gasteiger partial charge in [0.15, 0.2) is 17.3 Å². The van der Waals surface area contributed by atoms with E-state index in [1.165, 1.54) is 79.7 Å². The van der Waals surface area contributed by atoms with Crippen LogP contribution in [0.3, 0.4) is 0 Å². The number of rotatable bonds is 39. The summed E-state index contributed by atoms with van der Waals surface area (Å²) in [6, 6.07) is 5.86. The van der Waals surface area contributed by atoms with E-state index in [1.54, 1.807) is 81.6 Å². The molecule has 2 aliphatic rings. The average Bonchev–Trinajstić information content (AvgIpc) is 1.40. The summed E-state index contributed by atoms with van der Waals surface area (Å²) >= 11 is 0. The molecule has 4 aromatic rings. The first kappa shape index (κ1) is 110. The summed E-state index contributed by atoms with van der Waals surface area (Å²) in [5.74, 6) is -21.3. The summed E-state index contributed by atoms with van der Waals surface area (Å²) in [7, 11) is 0. The van der Waals surface area contributed by atoms with Gasteiger partial charge in [-0.05, 0) is 171 Å². The lowest BCUT2D eigenvalue weighted by molar-refractivity contribution is -0.141. The maximum atomic E-state index is 15.6. The molecule has 134 heavy (non-hydrogen) atoms. The van der Waals surface area contributed by atoms with Gasteiger partial charge in [0.2, 0.25) is 82.5 Å². The Morgan fingerprint density at radius 2 is 1.19 bits per heavy atom. The third-order valence-electron chi connectivity index (χ3n) is 24.9. The lowest BCUT2D eigenvalue weighted by atomic mass is 9.77. The summed E-state index contributed by atoms with van der Waals surface area (Å²) in [6.45, 7) is 17.9. The third kappa shape index (κ3) is 35.3. The molecule has 1 saturated carbocycles. The SMILES string of the molecule is CCC(C)[C@H](NNC(C)C(=O)C(=O)C(C)NC(=O)[C@]1(C)CCCC=CCCCCCC[C@@](C)(NC(=O)[C@H](Cc2ccccc2)NC(=O)[C@@H](NC(=O)[C@H](CC(C)C)NC(C)=O)[C@@H](C)O)C(=O)N[C@@H](CCC(=O)O)C(=O)N[C@@H](Cc2ccc(C(=O)O)cc2)C(=O)C[C@@H](Cc2c[nH]c3ccccc23)C(=O)N[C@@H](C)C(=O)N[C@@H](CCC(N)=O)C(=O)C[C@@H](CC2CCC2)C(=O)N1)C(=O)C[C@H](C)C(N)=O. The van der Waals surface area contributed by atoms with Crippen molar-refractivity contribution in [3.63, 3.8) is 0 Å². The standard InChI is InChI=1S/C97H139N15O22/c1-13-55(4)81(78(117)46-56(5)85(99)123)112-111-58(7)84(122)83(121)57(6)102-94(133)96(11)43-26-19-17-15-14-16-18-20-27-44-97(12,110-91(129)75(49-63-29-22-21-23-30-63)106-92(130)82(60(9)113)108-90(128)74(45-54(2)3)103-61(10)114)95(134)107-72(40-42-80(119)120)89(127)105-73(48-64-35-37-65(38-36-64)93(131)132)77(116)52-67(50-68-53-100-70-34-25-24-33-69(68)70)87(125)101-59(8)86(124)104-71(39-41-79(98)118)76(115)51-66(88(126)109-96)47-62-31-28-32-62/h15,17,21-25,29-30,33-38,53-60,62,66-67,71-75,81-82,100,111-113H,13-14,16,18-20,26-28,31-32,39-52H2,1-12H3,(H2,98,118)(H2,99,123)(H,101,125)(H,102,133)(H,103,114)(H,104,124)(H,105,127)(H,106,130)(H,107,134)(H,108,128)(H,109,126)(H,110,129)(H,119,120)(H,131,132)/t55?,56-,57?,58?,59-,60+,66+,67+,71-,72-,73-,74-,75-,81-,82-,96-,97+/m0/s1. The number of carboxylic acids is 2. The number of fused-ring (bicyclic) bond motifs is 1. The molecule has 0 saturated heterocycles. The predicted octanol–water partition coefficient (Wildman–Crippen LogP) is 4.68. The van der Waals surface area contributed by atoms with Gasteiger partial charge in [0.1, 0.15) is 41.3 Å². The zero-order chi connectivity index (χ0) is 99.4. The zero-order valence-electron chi connectivity index (χ0n) is 79.0. The van der Waals surface area contributed by atoms with Gasteiger partial charge < -0.3 is 84.9 Å². The van der Waals surface area contributed by atoms with Gasteiger partial charge in [0.25, 0.3) is 0 Å². The van der Waals surface area contributed by atoms with Crippen LogP contribution >= 0.6 is 0 Å². The highest BCUT2D eigenvalue weighted by Gasteiger charge is 2.45. The smallest absolute Gasteiger partial charge is 0.335 e. The number of amides is 12. The molecule has 6 rings (SSSR count). The van der Waals surface area contributed by atoms with Crippen LogP contribution in [-0.4, -0.2) is 210 Å².